The highest BCUT2D eigenvalue weighted by Crippen LogP contribution is 2.28. The minimum absolute atomic E-state index is 0.0186. The Balaban J connectivity index is 1.91. The van der Waals surface area contributed by atoms with Crippen LogP contribution in [0.1, 0.15) is 31.1 Å². The summed E-state index contributed by atoms with van der Waals surface area (Å²) in [6, 6.07) is 13.1. The van der Waals surface area contributed by atoms with Crippen molar-refractivity contribution in [1.29, 1.82) is 0 Å². The summed E-state index contributed by atoms with van der Waals surface area (Å²) in [5, 5.41) is 11.8. The molecule has 1 atom stereocenters. The first-order valence-electron chi connectivity index (χ1n) is 7.95. The normalized spacial score (nSPS) is 12.1. The van der Waals surface area contributed by atoms with Crippen molar-refractivity contribution in [2.75, 3.05) is 0 Å². The second kappa shape index (κ2) is 6.76. The molecule has 0 saturated heterocycles. The Bertz CT molecular complexity index is 993. The molecule has 1 aromatic heterocycles. The van der Waals surface area contributed by atoms with Crippen LogP contribution >= 0.6 is 0 Å². The molecule has 0 spiro atoms. The number of non-ortho nitro benzene ring substituents is 1. The molecule has 3 rings (SSSR count). The Hall–Kier alpha value is -3.15. The fourth-order valence-corrected chi connectivity index (χ4v) is 2.74. The fourth-order valence-electron chi connectivity index (χ4n) is 2.74. The van der Waals surface area contributed by atoms with Crippen LogP contribution in [0.4, 0.5) is 5.69 Å². The number of nitrogens with zero attached hydrogens (tertiary/aromatic N) is 1. The van der Waals surface area contributed by atoms with Gasteiger partial charge >= 0.3 is 5.63 Å². The Morgan fingerprint density at radius 1 is 1.20 bits per heavy atom. The Kier molecular flexibility index (Phi) is 4.52. The van der Waals surface area contributed by atoms with Gasteiger partial charge in [0.05, 0.1) is 4.92 Å². The lowest BCUT2D eigenvalue weighted by Gasteiger charge is -2.15. The minimum Gasteiger partial charge on any atom is -0.486 e. The zero-order chi connectivity index (χ0) is 18.0. The van der Waals surface area contributed by atoms with Crippen molar-refractivity contribution in [3.05, 3.63) is 80.2 Å². The highest BCUT2D eigenvalue weighted by atomic mass is 16.6. The van der Waals surface area contributed by atoms with E-state index in [1.807, 2.05) is 19.9 Å². The van der Waals surface area contributed by atoms with E-state index in [0.29, 0.717) is 16.9 Å². The summed E-state index contributed by atoms with van der Waals surface area (Å²) in [7, 11) is 0. The summed E-state index contributed by atoms with van der Waals surface area (Å²) in [5.74, 6) is 0.530. The van der Waals surface area contributed by atoms with Crippen molar-refractivity contribution in [3.8, 4) is 5.75 Å². The number of rotatable bonds is 5. The number of nitro groups is 1. The van der Waals surface area contributed by atoms with Crippen molar-refractivity contribution in [2.45, 2.75) is 26.4 Å². The van der Waals surface area contributed by atoms with E-state index < -0.39 is 16.7 Å². The second-order valence-corrected chi connectivity index (χ2v) is 5.71. The third kappa shape index (κ3) is 3.52. The monoisotopic (exact) mass is 339 g/mol. The van der Waals surface area contributed by atoms with Gasteiger partial charge in [-0.15, -0.1) is 0 Å². The van der Waals surface area contributed by atoms with E-state index in [0.717, 1.165) is 17.4 Å². The zero-order valence-corrected chi connectivity index (χ0v) is 13.9. The smallest absolute Gasteiger partial charge is 0.336 e. The van der Waals surface area contributed by atoms with Gasteiger partial charge in [0, 0.05) is 29.7 Å². The van der Waals surface area contributed by atoms with Crippen molar-refractivity contribution >= 4 is 16.7 Å². The maximum atomic E-state index is 11.6. The molecular weight excluding hydrogens is 322 g/mol. The molecule has 6 heteroatoms. The topological polar surface area (TPSA) is 82.6 Å². The van der Waals surface area contributed by atoms with Crippen molar-refractivity contribution in [3.63, 3.8) is 0 Å². The number of hydrogen-bond acceptors (Lipinski definition) is 5. The van der Waals surface area contributed by atoms with Crippen LogP contribution in [0.15, 0.2) is 57.7 Å². The summed E-state index contributed by atoms with van der Waals surface area (Å²) in [4.78, 5) is 22.1. The Morgan fingerprint density at radius 2 is 2.00 bits per heavy atom. The lowest BCUT2D eigenvalue weighted by molar-refractivity contribution is -0.385. The van der Waals surface area contributed by atoms with Gasteiger partial charge in [-0.25, -0.2) is 4.79 Å². The molecule has 6 nitrogen and oxygen atoms in total. The average molecular weight is 339 g/mol. The first kappa shape index (κ1) is 16.7. The van der Waals surface area contributed by atoms with Crippen LogP contribution in [0.2, 0.25) is 0 Å². The van der Waals surface area contributed by atoms with E-state index in [-0.39, 0.29) is 5.69 Å². The number of nitro benzene ring substituents is 1. The molecule has 0 fully saturated rings. The van der Waals surface area contributed by atoms with Crippen LogP contribution in [0.3, 0.4) is 0 Å². The van der Waals surface area contributed by atoms with Crippen LogP contribution in [0, 0.1) is 10.1 Å². The fraction of sp³-hybridized carbons (Fsp3) is 0.211. The van der Waals surface area contributed by atoms with Crippen LogP contribution in [0.5, 0.6) is 5.75 Å². The Morgan fingerprint density at radius 3 is 2.72 bits per heavy atom. The highest BCUT2D eigenvalue weighted by Gasteiger charge is 2.13. The van der Waals surface area contributed by atoms with E-state index >= 15 is 0 Å². The van der Waals surface area contributed by atoms with Gasteiger partial charge in [-0.3, -0.25) is 10.1 Å². The van der Waals surface area contributed by atoms with Crippen LogP contribution in [0.25, 0.3) is 11.0 Å². The van der Waals surface area contributed by atoms with E-state index in [4.69, 9.17) is 9.15 Å². The van der Waals surface area contributed by atoms with E-state index in [2.05, 4.69) is 0 Å². The maximum Gasteiger partial charge on any atom is 0.336 e. The summed E-state index contributed by atoms with van der Waals surface area (Å²) in [6.45, 7) is 3.78. The van der Waals surface area contributed by atoms with Gasteiger partial charge in [-0.2, -0.15) is 0 Å². The van der Waals surface area contributed by atoms with Crippen molar-refractivity contribution in [1.82, 2.24) is 0 Å². The van der Waals surface area contributed by atoms with Crippen LogP contribution in [-0.4, -0.2) is 4.92 Å². The number of ether oxygens (including phenoxy) is 1. The number of benzene rings is 2. The molecule has 0 aliphatic rings. The second-order valence-electron chi connectivity index (χ2n) is 5.71. The van der Waals surface area contributed by atoms with Gasteiger partial charge in [-0.05, 0) is 36.6 Å². The van der Waals surface area contributed by atoms with Gasteiger partial charge < -0.3 is 9.15 Å². The van der Waals surface area contributed by atoms with Crippen molar-refractivity contribution < 1.29 is 14.1 Å². The van der Waals surface area contributed by atoms with Gasteiger partial charge in [0.1, 0.15) is 17.4 Å². The van der Waals surface area contributed by atoms with Gasteiger partial charge in [0.25, 0.3) is 5.69 Å². The summed E-state index contributed by atoms with van der Waals surface area (Å²) in [5.41, 5.74) is 1.70. The largest absolute Gasteiger partial charge is 0.486 e. The maximum absolute atomic E-state index is 11.6. The van der Waals surface area contributed by atoms with Crippen LogP contribution in [-0.2, 0) is 6.42 Å². The number of fused-ring (bicyclic) bond motifs is 1. The van der Waals surface area contributed by atoms with Crippen LogP contribution < -0.4 is 10.4 Å². The molecule has 0 unspecified atom stereocenters. The quantitative estimate of drug-likeness (QED) is 0.391. The predicted octanol–water partition coefficient (Wildman–Crippen LogP) is 4.40. The van der Waals surface area contributed by atoms with Gasteiger partial charge in [0.15, 0.2) is 0 Å². The standard InChI is InChI=1S/C19H17NO5/c1-3-13-10-19(21)25-18-11-16(7-8-17(13)18)24-12(2)14-5-4-6-15(9-14)20(22)23/h4-12H,3H2,1-2H3/t12-/m0/s1. The molecule has 0 amide bonds. The lowest BCUT2D eigenvalue weighted by atomic mass is 10.1. The zero-order valence-electron chi connectivity index (χ0n) is 13.9. The molecule has 128 valence electrons. The summed E-state index contributed by atoms with van der Waals surface area (Å²) >= 11 is 0. The third-order valence-electron chi connectivity index (χ3n) is 4.05. The van der Waals surface area contributed by atoms with Crippen molar-refractivity contribution in [2.24, 2.45) is 0 Å². The molecule has 3 aromatic rings. The van der Waals surface area contributed by atoms with Gasteiger partial charge in [0.2, 0.25) is 0 Å². The number of aryl methyl sites for hydroxylation is 1. The SMILES string of the molecule is CCc1cc(=O)oc2cc(O[C@@H](C)c3cccc([N+](=O)[O-])c3)ccc12. The molecule has 0 saturated carbocycles. The van der Waals surface area contributed by atoms with Gasteiger partial charge in [-0.1, -0.05) is 19.1 Å². The highest BCUT2D eigenvalue weighted by molar-refractivity contribution is 5.81. The summed E-state index contributed by atoms with van der Waals surface area (Å²) in [6.07, 6.45) is 0.338. The lowest BCUT2D eigenvalue weighted by Crippen LogP contribution is -2.04. The molecule has 2 aromatic carbocycles. The summed E-state index contributed by atoms with van der Waals surface area (Å²) < 4.78 is 11.1. The van der Waals surface area contributed by atoms with E-state index in [9.17, 15) is 14.9 Å². The molecule has 0 bridgehead atoms. The third-order valence-corrected chi connectivity index (χ3v) is 4.05. The first-order chi connectivity index (χ1) is 12.0. The minimum atomic E-state index is -0.437. The molecule has 1 heterocycles. The molecular formula is C19H17NO5. The molecule has 0 aliphatic carbocycles. The molecule has 0 aliphatic heterocycles. The van der Waals surface area contributed by atoms with E-state index in [1.54, 1.807) is 24.3 Å². The molecule has 25 heavy (non-hydrogen) atoms. The Labute approximate surface area is 143 Å². The average Bonchev–Trinajstić information content (AvgIpc) is 2.60. The first-order valence-corrected chi connectivity index (χ1v) is 7.95. The molecule has 0 N–H and O–H groups in total. The molecule has 0 radical (unpaired) electrons. The number of hydrogen-bond donors (Lipinski definition) is 0. The van der Waals surface area contributed by atoms with E-state index in [1.165, 1.54) is 18.2 Å². The predicted molar refractivity (Wildman–Crippen MR) is 94.0 cm³/mol.